The smallest absolute Gasteiger partial charge is 0.283 e. The lowest BCUT2D eigenvalue weighted by Gasteiger charge is -2.43. The highest BCUT2D eigenvalue weighted by Crippen LogP contribution is 2.50. The molecule has 0 spiro atoms. The Bertz CT molecular complexity index is 1160. The van der Waals surface area contributed by atoms with Gasteiger partial charge in [-0.05, 0) is 79.3 Å². The number of anilines is 1. The predicted octanol–water partition coefficient (Wildman–Crippen LogP) is 5.24. The number of rotatable bonds is 11. The van der Waals surface area contributed by atoms with Gasteiger partial charge in [0, 0.05) is 24.7 Å². The summed E-state index contributed by atoms with van der Waals surface area (Å²) in [5.74, 6) is -5.71. The van der Waals surface area contributed by atoms with Crippen molar-refractivity contribution in [2.75, 3.05) is 44.8 Å². The zero-order chi connectivity index (χ0) is 26.7. The highest BCUT2D eigenvalue weighted by atomic mass is 19.3. The van der Waals surface area contributed by atoms with Crippen LogP contribution in [0.3, 0.4) is 0 Å². The van der Waals surface area contributed by atoms with Gasteiger partial charge in [0.25, 0.3) is 5.92 Å². The predicted molar refractivity (Wildman–Crippen MR) is 131 cm³/mol. The van der Waals surface area contributed by atoms with E-state index in [0.717, 1.165) is 11.6 Å². The Morgan fingerprint density at radius 2 is 1.86 bits per heavy atom. The minimum absolute atomic E-state index is 0.0134. The first-order valence-electron chi connectivity index (χ1n) is 12.4. The van der Waals surface area contributed by atoms with Crippen molar-refractivity contribution < 1.29 is 31.4 Å². The molecule has 2 aliphatic rings. The minimum atomic E-state index is -3.49. The van der Waals surface area contributed by atoms with E-state index < -0.39 is 55.3 Å². The van der Waals surface area contributed by atoms with Gasteiger partial charge in [0.2, 0.25) is 0 Å². The van der Waals surface area contributed by atoms with Crippen LogP contribution in [0.2, 0.25) is 0 Å². The summed E-state index contributed by atoms with van der Waals surface area (Å²) in [5, 5.41) is 15.1. The molecule has 10 heteroatoms. The molecule has 37 heavy (non-hydrogen) atoms. The molecule has 0 radical (unpaired) electrons. The van der Waals surface area contributed by atoms with Crippen molar-refractivity contribution in [2.45, 2.75) is 44.2 Å². The van der Waals surface area contributed by atoms with E-state index in [1.807, 2.05) is 0 Å². The maximum Gasteiger partial charge on any atom is 0.283 e. The molecule has 1 heterocycles. The molecule has 2 aromatic rings. The molecule has 2 atom stereocenters. The van der Waals surface area contributed by atoms with Crippen LogP contribution < -0.4 is 10.6 Å². The van der Waals surface area contributed by atoms with Crippen LogP contribution in [0.25, 0.3) is 5.57 Å². The molecular weight excluding hydrogens is 496 g/mol. The average molecular weight is 528 g/mol. The van der Waals surface area contributed by atoms with Crippen molar-refractivity contribution in [1.29, 1.82) is 0 Å². The SMILES string of the molecule is C[C@@H]1CC2=C(Cc3ccc(F)cc32)[C@@H](c2c(F)ccc(NCCNCCCF)c2F)N1CC(F)(F)CO. The third kappa shape index (κ3) is 5.81. The maximum absolute atomic E-state index is 15.9. The fourth-order valence-electron chi connectivity index (χ4n) is 5.30. The third-order valence-corrected chi connectivity index (χ3v) is 7.04. The van der Waals surface area contributed by atoms with Crippen LogP contribution in [0.15, 0.2) is 35.9 Å². The van der Waals surface area contributed by atoms with Crippen molar-refractivity contribution >= 4 is 11.3 Å². The van der Waals surface area contributed by atoms with Gasteiger partial charge in [0.1, 0.15) is 18.2 Å². The summed E-state index contributed by atoms with van der Waals surface area (Å²) < 4.78 is 86.4. The molecule has 3 N–H and O–H groups in total. The summed E-state index contributed by atoms with van der Waals surface area (Å²) in [6.45, 7) is 0.0896. The third-order valence-electron chi connectivity index (χ3n) is 7.04. The fourth-order valence-corrected chi connectivity index (χ4v) is 5.30. The first-order chi connectivity index (χ1) is 17.7. The van der Waals surface area contributed by atoms with E-state index in [-0.39, 0.29) is 24.2 Å². The van der Waals surface area contributed by atoms with Crippen LogP contribution >= 0.6 is 0 Å². The van der Waals surface area contributed by atoms with Crippen LogP contribution in [0.4, 0.5) is 32.0 Å². The number of alkyl halides is 3. The number of aliphatic hydroxyl groups is 1. The Morgan fingerprint density at radius 1 is 1.08 bits per heavy atom. The Balaban J connectivity index is 1.73. The largest absolute Gasteiger partial charge is 0.390 e. The lowest BCUT2D eigenvalue weighted by Crippen LogP contribution is -2.48. The van der Waals surface area contributed by atoms with Gasteiger partial charge in [-0.15, -0.1) is 0 Å². The summed E-state index contributed by atoms with van der Waals surface area (Å²) in [5.41, 5.74) is 2.32. The molecule has 0 unspecified atom stereocenters. The van der Waals surface area contributed by atoms with Crippen LogP contribution in [-0.2, 0) is 6.42 Å². The lowest BCUT2D eigenvalue weighted by molar-refractivity contribution is -0.0861. The van der Waals surface area contributed by atoms with E-state index in [1.165, 1.54) is 23.1 Å². The van der Waals surface area contributed by atoms with Gasteiger partial charge in [0.05, 0.1) is 24.9 Å². The van der Waals surface area contributed by atoms with Crippen molar-refractivity contribution in [1.82, 2.24) is 10.2 Å². The number of aliphatic hydroxyl groups excluding tert-OH is 1. The quantitative estimate of drug-likeness (QED) is 0.277. The second kappa shape index (κ2) is 11.4. The number of hydrogen-bond acceptors (Lipinski definition) is 4. The van der Waals surface area contributed by atoms with E-state index in [9.17, 15) is 22.7 Å². The van der Waals surface area contributed by atoms with Gasteiger partial charge in [-0.25, -0.2) is 22.0 Å². The zero-order valence-electron chi connectivity index (χ0n) is 20.6. The molecule has 0 bridgehead atoms. The number of nitrogens with one attached hydrogen (secondary N) is 2. The van der Waals surface area contributed by atoms with E-state index in [1.54, 1.807) is 13.0 Å². The number of hydrogen-bond donors (Lipinski definition) is 3. The van der Waals surface area contributed by atoms with E-state index >= 15 is 8.78 Å². The van der Waals surface area contributed by atoms with Crippen molar-refractivity contribution in [3.63, 3.8) is 0 Å². The zero-order valence-corrected chi connectivity index (χ0v) is 20.6. The Morgan fingerprint density at radius 3 is 2.59 bits per heavy atom. The Hall–Kier alpha value is -2.56. The second-order valence-electron chi connectivity index (χ2n) is 9.67. The summed E-state index contributed by atoms with van der Waals surface area (Å²) >= 11 is 0. The molecule has 4 nitrogen and oxygen atoms in total. The summed E-state index contributed by atoms with van der Waals surface area (Å²) in [7, 11) is 0. The number of halogens is 6. The molecule has 0 saturated carbocycles. The molecule has 0 amide bonds. The van der Waals surface area contributed by atoms with Crippen molar-refractivity contribution in [3.05, 3.63) is 70.0 Å². The molecular formula is C27H31F6N3O. The Kier molecular flexibility index (Phi) is 8.50. The first kappa shape index (κ1) is 27.5. The number of nitrogens with zero attached hydrogens (tertiary/aromatic N) is 1. The maximum atomic E-state index is 15.9. The standard InChI is InChI=1S/C27H31F6N3O/c1-16-11-20-19-13-18(29)4-3-17(19)12-21(20)26(36(16)14-27(32,33)15-37)24-22(30)5-6-23(25(24)31)35-10-9-34-8-2-7-28/h3-6,13,16,26,34-35,37H,2,7-12,14-15H2,1H3/t16-,26+/m1/s1. The molecule has 1 aliphatic carbocycles. The van der Waals surface area contributed by atoms with Gasteiger partial charge in [-0.3, -0.25) is 9.29 Å². The Labute approximate surface area is 212 Å². The van der Waals surface area contributed by atoms with Crippen molar-refractivity contribution in [3.8, 4) is 0 Å². The van der Waals surface area contributed by atoms with Gasteiger partial charge in [0.15, 0.2) is 5.82 Å². The fraction of sp³-hybridized carbons (Fsp3) is 0.481. The van der Waals surface area contributed by atoms with Crippen molar-refractivity contribution in [2.24, 2.45) is 0 Å². The van der Waals surface area contributed by atoms with Gasteiger partial charge >= 0.3 is 0 Å². The molecule has 0 saturated heterocycles. The molecule has 202 valence electrons. The minimum Gasteiger partial charge on any atom is -0.390 e. The molecule has 0 fully saturated rings. The summed E-state index contributed by atoms with van der Waals surface area (Å²) in [6.07, 6.45) is 0.904. The van der Waals surface area contributed by atoms with Gasteiger partial charge in [-0.2, -0.15) is 0 Å². The first-order valence-corrected chi connectivity index (χ1v) is 12.4. The summed E-state index contributed by atoms with van der Waals surface area (Å²) in [4.78, 5) is 1.33. The topological polar surface area (TPSA) is 47.5 Å². The lowest BCUT2D eigenvalue weighted by atomic mass is 9.84. The van der Waals surface area contributed by atoms with Crippen LogP contribution in [0, 0.1) is 17.5 Å². The van der Waals surface area contributed by atoms with E-state index in [2.05, 4.69) is 10.6 Å². The molecule has 4 rings (SSSR count). The monoisotopic (exact) mass is 527 g/mol. The van der Waals surface area contributed by atoms with Crippen LogP contribution in [0.1, 0.15) is 42.5 Å². The highest BCUT2D eigenvalue weighted by molar-refractivity contribution is 5.79. The van der Waals surface area contributed by atoms with Gasteiger partial charge < -0.3 is 15.7 Å². The normalized spacial score (nSPS) is 19.8. The van der Waals surface area contributed by atoms with Crippen LogP contribution in [-0.4, -0.2) is 61.4 Å². The summed E-state index contributed by atoms with van der Waals surface area (Å²) in [6, 6.07) is 4.91. The molecule has 0 aromatic heterocycles. The number of benzene rings is 2. The number of fused-ring (bicyclic) bond motifs is 2. The second-order valence-corrected chi connectivity index (χ2v) is 9.67. The van der Waals surface area contributed by atoms with Gasteiger partial charge in [-0.1, -0.05) is 6.07 Å². The average Bonchev–Trinajstić information content (AvgIpc) is 3.21. The van der Waals surface area contributed by atoms with E-state index in [0.29, 0.717) is 42.6 Å². The highest BCUT2D eigenvalue weighted by Gasteiger charge is 2.45. The molecule has 1 aliphatic heterocycles. The van der Waals surface area contributed by atoms with Crippen LogP contribution in [0.5, 0.6) is 0 Å². The molecule has 2 aromatic carbocycles. The van der Waals surface area contributed by atoms with E-state index in [4.69, 9.17) is 0 Å².